The zero-order valence-electron chi connectivity index (χ0n) is 19.4. The SMILES string of the molecule is CCCCCCC(C)CNCCCC#CC(CCCCC)CCCCCC. The quantitative estimate of drug-likeness (QED) is 0.177. The van der Waals surface area contributed by atoms with Crippen LogP contribution in [0.5, 0.6) is 0 Å². The summed E-state index contributed by atoms with van der Waals surface area (Å²) in [4.78, 5) is 0. The van der Waals surface area contributed by atoms with E-state index in [1.165, 1.54) is 103 Å². The molecule has 1 nitrogen and oxygen atoms in total. The molecule has 0 fully saturated rings. The molecule has 0 radical (unpaired) electrons. The zero-order valence-corrected chi connectivity index (χ0v) is 19.4. The van der Waals surface area contributed by atoms with Gasteiger partial charge in [-0.15, -0.1) is 5.92 Å². The molecule has 1 heteroatoms. The Kier molecular flexibility index (Phi) is 21.4. The van der Waals surface area contributed by atoms with E-state index in [4.69, 9.17) is 0 Å². The van der Waals surface area contributed by atoms with Gasteiger partial charge in [0.15, 0.2) is 0 Å². The Labute approximate surface area is 172 Å². The molecular weight excluding hydrogens is 326 g/mol. The molecule has 0 aliphatic rings. The van der Waals surface area contributed by atoms with E-state index in [1.54, 1.807) is 0 Å². The molecule has 0 aromatic carbocycles. The molecule has 1 N–H and O–H groups in total. The molecule has 0 aromatic rings. The van der Waals surface area contributed by atoms with Crippen molar-refractivity contribution in [1.29, 1.82) is 0 Å². The molecule has 0 aliphatic heterocycles. The normalized spacial score (nSPS) is 13.2. The number of rotatable bonds is 19. The van der Waals surface area contributed by atoms with Crippen LogP contribution in [-0.4, -0.2) is 13.1 Å². The number of unbranched alkanes of at least 4 members (excludes halogenated alkanes) is 9. The minimum Gasteiger partial charge on any atom is -0.316 e. The van der Waals surface area contributed by atoms with Gasteiger partial charge in [0.05, 0.1) is 0 Å². The van der Waals surface area contributed by atoms with Crippen LogP contribution >= 0.6 is 0 Å². The number of hydrogen-bond donors (Lipinski definition) is 1. The Balaban J connectivity index is 3.80. The van der Waals surface area contributed by atoms with Crippen molar-refractivity contribution >= 4 is 0 Å². The van der Waals surface area contributed by atoms with Gasteiger partial charge in [-0.3, -0.25) is 0 Å². The fourth-order valence-corrected chi connectivity index (χ4v) is 3.64. The third-order valence-corrected chi connectivity index (χ3v) is 5.57. The van der Waals surface area contributed by atoms with Crippen LogP contribution in [0, 0.1) is 23.7 Å². The van der Waals surface area contributed by atoms with E-state index < -0.39 is 0 Å². The van der Waals surface area contributed by atoms with Crippen molar-refractivity contribution < 1.29 is 0 Å². The minimum atomic E-state index is 0.657. The van der Waals surface area contributed by atoms with E-state index in [1.807, 2.05) is 0 Å². The summed E-state index contributed by atoms with van der Waals surface area (Å²) < 4.78 is 0. The maximum absolute atomic E-state index is 3.64. The van der Waals surface area contributed by atoms with Crippen molar-refractivity contribution in [3.05, 3.63) is 0 Å². The van der Waals surface area contributed by atoms with E-state index >= 15 is 0 Å². The Morgan fingerprint density at radius 3 is 1.85 bits per heavy atom. The van der Waals surface area contributed by atoms with Gasteiger partial charge in [-0.1, -0.05) is 104 Å². The van der Waals surface area contributed by atoms with E-state index in [0.717, 1.165) is 18.9 Å². The monoisotopic (exact) mass is 377 g/mol. The second-order valence-electron chi connectivity index (χ2n) is 8.63. The third kappa shape index (κ3) is 20.1. The predicted molar refractivity (Wildman–Crippen MR) is 124 cm³/mol. The summed E-state index contributed by atoms with van der Waals surface area (Å²) >= 11 is 0. The number of hydrogen-bond acceptors (Lipinski definition) is 1. The van der Waals surface area contributed by atoms with Crippen LogP contribution in [0.3, 0.4) is 0 Å². The molecule has 160 valence electrons. The van der Waals surface area contributed by atoms with Gasteiger partial charge in [0, 0.05) is 12.3 Å². The Morgan fingerprint density at radius 2 is 1.22 bits per heavy atom. The summed E-state index contributed by atoms with van der Waals surface area (Å²) in [6.07, 6.45) is 21.4. The molecule has 0 rings (SSSR count). The summed E-state index contributed by atoms with van der Waals surface area (Å²) in [5.74, 6) is 8.59. The average Bonchev–Trinajstić information content (AvgIpc) is 2.67. The van der Waals surface area contributed by atoms with Crippen molar-refractivity contribution in [2.45, 2.75) is 130 Å². The maximum atomic E-state index is 3.64. The first-order valence-corrected chi connectivity index (χ1v) is 12.4. The van der Waals surface area contributed by atoms with Crippen LogP contribution in [0.2, 0.25) is 0 Å². The molecule has 0 bridgehead atoms. The van der Waals surface area contributed by atoms with Gasteiger partial charge in [0.1, 0.15) is 0 Å². The molecular formula is C26H51N. The highest BCUT2D eigenvalue weighted by atomic mass is 14.8. The molecule has 0 saturated heterocycles. The van der Waals surface area contributed by atoms with Gasteiger partial charge >= 0.3 is 0 Å². The van der Waals surface area contributed by atoms with E-state index in [9.17, 15) is 0 Å². The van der Waals surface area contributed by atoms with Crippen molar-refractivity contribution in [3.8, 4) is 11.8 Å². The molecule has 27 heavy (non-hydrogen) atoms. The summed E-state index contributed by atoms with van der Waals surface area (Å²) in [7, 11) is 0. The molecule has 0 amide bonds. The molecule has 0 spiro atoms. The summed E-state index contributed by atoms with van der Waals surface area (Å²) in [6.45, 7) is 11.6. The summed E-state index contributed by atoms with van der Waals surface area (Å²) in [5, 5.41) is 3.64. The van der Waals surface area contributed by atoms with Crippen LogP contribution < -0.4 is 5.32 Å². The van der Waals surface area contributed by atoms with Gasteiger partial charge in [-0.2, -0.15) is 0 Å². The topological polar surface area (TPSA) is 12.0 Å². The van der Waals surface area contributed by atoms with Crippen LogP contribution in [0.15, 0.2) is 0 Å². The van der Waals surface area contributed by atoms with Crippen LogP contribution in [-0.2, 0) is 0 Å². The first-order valence-electron chi connectivity index (χ1n) is 12.4. The first kappa shape index (κ1) is 26.5. The minimum absolute atomic E-state index is 0.657. The average molecular weight is 378 g/mol. The van der Waals surface area contributed by atoms with E-state index in [0.29, 0.717) is 5.92 Å². The Morgan fingerprint density at radius 1 is 0.667 bits per heavy atom. The Bertz CT molecular complexity index is 338. The molecule has 0 heterocycles. The second-order valence-corrected chi connectivity index (χ2v) is 8.63. The fraction of sp³-hybridized carbons (Fsp3) is 0.923. The van der Waals surface area contributed by atoms with E-state index in [2.05, 4.69) is 44.9 Å². The van der Waals surface area contributed by atoms with Crippen molar-refractivity contribution in [3.63, 3.8) is 0 Å². The standard InChI is InChI=1S/C26H51N/c1-5-8-11-15-19-25(4)24-27-23-18-13-17-22-26(20-14-10-7-3)21-16-12-9-6-2/h25-27H,5-16,18-21,23-24H2,1-4H3. The summed E-state index contributed by atoms with van der Waals surface area (Å²) in [6, 6.07) is 0. The van der Waals surface area contributed by atoms with Crippen LogP contribution in [0.4, 0.5) is 0 Å². The zero-order chi connectivity index (χ0) is 20.0. The predicted octanol–water partition coefficient (Wildman–Crippen LogP) is 8.13. The van der Waals surface area contributed by atoms with Gasteiger partial charge < -0.3 is 5.32 Å². The van der Waals surface area contributed by atoms with Crippen molar-refractivity contribution in [2.75, 3.05) is 13.1 Å². The first-order chi connectivity index (χ1) is 13.2. The fourth-order valence-electron chi connectivity index (χ4n) is 3.64. The highest BCUT2D eigenvalue weighted by Gasteiger charge is 2.05. The maximum Gasteiger partial charge on any atom is 0.0202 e. The smallest absolute Gasteiger partial charge is 0.0202 e. The van der Waals surface area contributed by atoms with Gasteiger partial charge in [-0.05, 0) is 44.7 Å². The van der Waals surface area contributed by atoms with E-state index in [-0.39, 0.29) is 0 Å². The molecule has 0 aromatic heterocycles. The molecule has 2 unspecified atom stereocenters. The second kappa shape index (κ2) is 21.8. The van der Waals surface area contributed by atoms with Gasteiger partial charge in [0.25, 0.3) is 0 Å². The highest BCUT2D eigenvalue weighted by molar-refractivity contribution is 5.03. The van der Waals surface area contributed by atoms with Gasteiger partial charge in [-0.25, -0.2) is 0 Å². The molecule has 2 atom stereocenters. The lowest BCUT2D eigenvalue weighted by atomic mass is 9.95. The number of nitrogens with one attached hydrogen (secondary N) is 1. The van der Waals surface area contributed by atoms with Crippen LogP contribution in [0.25, 0.3) is 0 Å². The lowest BCUT2D eigenvalue weighted by Gasteiger charge is -2.12. The Hall–Kier alpha value is -0.480. The lowest BCUT2D eigenvalue weighted by Crippen LogP contribution is -2.22. The largest absolute Gasteiger partial charge is 0.316 e. The van der Waals surface area contributed by atoms with Crippen LogP contribution in [0.1, 0.15) is 130 Å². The highest BCUT2D eigenvalue weighted by Crippen LogP contribution is 2.17. The molecule has 0 saturated carbocycles. The van der Waals surface area contributed by atoms with Gasteiger partial charge in [0.2, 0.25) is 0 Å². The lowest BCUT2D eigenvalue weighted by molar-refractivity contribution is 0.453. The molecule has 0 aliphatic carbocycles. The summed E-state index contributed by atoms with van der Waals surface area (Å²) in [5.41, 5.74) is 0. The van der Waals surface area contributed by atoms with Crippen molar-refractivity contribution in [2.24, 2.45) is 11.8 Å². The van der Waals surface area contributed by atoms with Crippen molar-refractivity contribution in [1.82, 2.24) is 5.32 Å². The third-order valence-electron chi connectivity index (χ3n) is 5.57.